The number of benzene rings is 1. The molecular weight excluding hydrogens is 297 g/mol. The van der Waals surface area contributed by atoms with Crippen molar-refractivity contribution in [2.75, 3.05) is 6.61 Å². The second kappa shape index (κ2) is 6.35. The van der Waals surface area contributed by atoms with Gasteiger partial charge in [-0.15, -0.1) is 0 Å². The summed E-state index contributed by atoms with van der Waals surface area (Å²) in [5.74, 6) is -0.292. The molecule has 1 aromatic carbocycles. The summed E-state index contributed by atoms with van der Waals surface area (Å²) in [5, 5.41) is 8.75. The average molecular weight is 308 g/mol. The lowest BCUT2D eigenvalue weighted by molar-refractivity contribution is -0.139. The lowest BCUT2D eigenvalue weighted by atomic mass is 10.2. The third-order valence-electron chi connectivity index (χ3n) is 2.92. The van der Waals surface area contributed by atoms with Gasteiger partial charge in [-0.05, 0) is 24.3 Å². The number of aromatic nitrogens is 1. The number of pyridine rings is 1. The zero-order chi connectivity index (χ0) is 16.2. The molecule has 2 rings (SSSR count). The van der Waals surface area contributed by atoms with E-state index in [1.165, 1.54) is 41.1 Å². The van der Waals surface area contributed by atoms with Crippen LogP contribution in [0.15, 0.2) is 47.4 Å². The van der Waals surface area contributed by atoms with E-state index in [9.17, 15) is 18.0 Å². The van der Waals surface area contributed by atoms with Crippen LogP contribution in [0.2, 0.25) is 0 Å². The zero-order valence-corrected chi connectivity index (χ0v) is 11.3. The first-order chi connectivity index (χ1) is 10.4. The van der Waals surface area contributed by atoms with E-state index in [4.69, 9.17) is 10.00 Å². The number of halogens is 3. The SMILES string of the molecule is N#Cc1cccn(CCOc2ccccc2C(F)(F)F)c1=O. The Morgan fingerprint density at radius 1 is 1.18 bits per heavy atom. The largest absolute Gasteiger partial charge is 0.491 e. The molecule has 0 N–H and O–H groups in total. The molecule has 0 aliphatic rings. The van der Waals surface area contributed by atoms with Crippen LogP contribution in [0.25, 0.3) is 0 Å². The van der Waals surface area contributed by atoms with Gasteiger partial charge >= 0.3 is 6.18 Å². The van der Waals surface area contributed by atoms with Crippen LogP contribution in [-0.4, -0.2) is 11.2 Å². The number of ether oxygens (including phenoxy) is 1. The van der Waals surface area contributed by atoms with Crippen LogP contribution < -0.4 is 10.3 Å². The van der Waals surface area contributed by atoms with Gasteiger partial charge in [0.15, 0.2) is 0 Å². The molecule has 4 nitrogen and oxygen atoms in total. The van der Waals surface area contributed by atoms with Crippen LogP contribution in [0.5, 0.6) is 5.75 Å². The third kappa shape index (κ3) is 3.47. The van der Waals surface area contributed by atoms with E-state index >= 15 is 0 Å². The summed E-state index contributed by atoms with van der Waals surface area (Å²) < 4.78 is 44.7. The summed E-state index contributed by atoms with van der Waals surface area (Å²) in [4.78, 5) is 11.8. The van der Waals surface area contributed by atoms with Crippen LogP contribution in [0.4, 0.5) is 13.2 Å². The van der Waals surface area contributed by atoms with Crippen molar-refractivity contribution in [3.63, 3.8) is 0 Å². The van der Waals surface area contributed by atoms with Gasteiger partial charge in [0.1, 0.15) is 24.0 Å². The topological polar surface area (TPSA) is 55.0 Å². The van der Waals surface area contributed by atoms with E-state index in [1.54, 1.807) is 6.07 Å². The molecule has 0 aliphatic carbocycles. The molecule has 114 valence electrons. The average Bonchev–Trinajstić information content (AvgIpc) is 2.48. The molecule has 0 amide bonds. The summed E-state index contributed by atoms with van der Waals surface area (Å²) in [6.07, 6.45) is -3.06. The first-order valence-electron chi connectivity index (χ1n) is 6.32. The Labute approximate surface area is 124 Å². The lowest BCUT2D eigenvalue weighted by Crippen LogP contribution is -2.24. The summed E-state index contributed by atoms with van der Waals surface area (Å²) >= 11 is 0. The van der Waals surface area contributed by atoms with Gasteiger partial charge in [0.25, 0.3) is 5.56 Å². The second-order valence-corrected chi connectivity index (χ2v) is 4.37. The molecule has 0 atom stereocenters. The standard InChI is InChI=1S/C15H11F3N2O2/c16-15(17,18)12-5-1-2-6-13(12)22-9-8-20-7-3-4-11(10-19)14(20)21/h1-7H,8-9H2. The highest BCUT2D eigenvalue weighted by Crippen LogP contribution is 2.35. The number of hydrogen-bond donors (Lipinski definition) is 0. The van der Waals surface area contributed by atoms with E-state index < -0.39 is 17.3 Å². The number of rotatable bonds is 4. The van der Waals surface area contributed by atoms with Crippen LogP contribution >= 0.6 is 0 Å². The molecule has 0 radical (unpaired) electrons. The number of nitrogens with zero attached hydrogens (tertiary/aromatic N) is 2. The van der Waals surface area contributed by atoms with Crippen molar-refractivity contribution in [2.45, 2.75) is 12.7 Å². The zero-order valence-electron chi connectivity index (χ0n) is 11.3. The molecule has 2 aromatic rings. The molecule has 0 unspecified atom stereocenters. The Balaban J connectivity index is 2.10. The molecule has 0 bridgehead atoms. The maximum absolute atomic E-state index is 12.8. The van der Waals surface area contributed by atoms with Crippen LogP contribution in [0, 0.1) is 11.3 Å². The Kier molecular flexibility index (Phi) is 4.51. The van der Waals surface area contributed by atoms with E-state index in [2.05, 4.69) is 0 Å². The third-order valence-corrected chi connectivity index (χ3v) is 2.92. The predicted octanol–water partition coefficient (Wildman–Crippen LogP) is 2.82. The van der Waals surface area contributed by atoms with Gasteiger partial charge in [0.05, 0.1) is 12.1 Å². The van der Waals surface area contributed by atoms with Crippen LogP contribution in [-0.2, 0) is 12.7 Å². The minimum atomic E-state index is -4.51. The second-order valence-electron chi connectivity index (χ2n) is 4.37. The van der Waals surface area contributed by atoms with Crippen molar-refractivity contribution < 1.29 is 17.9 Å². The summed E-state index contributed by atoms with van der Waals surface area (Å²) in [7, 11) is 0. The number of hydrogen-bond acceptors (Lipinski definition) is 3. The summed E-state index contributed by atoms with van der Waals surface area (Å²) in [6.45, 7) is -0.0809. The normalized spacial score (nSPS) is 11.0. The van der Waals surface area contributed by atoms with Gasteiger partial charge < -0.3 is 9.30 Å². The van der Waals surface area contributed by atoms with Gasteiger partial charge in [-0.1, -0.05) is 12.1 Å². The van der Waals surface area contributed by atoms with Crippen molar-refractivity contribution in [3.05, 3.63) is 64.1 Å². The fourth-order valence-corrected chi connectivity index (χ4v) is 1.88. The highest BCUT2D eigenvalue weighted by molar-refractivity contribution is 5.35. The maximum Gasteiger partial charge on any atom is 0.419 e. The van der Waals surface area contributed by atoms with Gasteiger partial charge in [0.2, 0.25) is 0 Å². The minimum absolute atomic E-state index is 0.0295. The van der Waals surface area contributed by atoms with E-state index in [0.717, 1.165) is 6.07 Å². The molecule has 0 fully saturated rings. The van der Waals surface area contributed by atoms with E-state index in [-0.39, 0.29) is 24.5 Å². The Morgan fingerprint density at radius 2 is 1.91 bits per heavy atom. The molecular formula is C15H11F3N2O2. The first-order valence-corrected chi connectivity index (χ1v) is 6.32. The first kappa shape index (κ1) is 15.6. The number of alkyl halides is 3. The molecule has 22 heavy (non-hydrogen) atoms. The Hall–Kier alpha value is -2.75. The number of para-hydroxylation sites is 1. The van der Waals surface area contributed by atoms with Crippen molar-refractivity contribution in [1.82, 2.24) is 4.57 Å². The predicted molar refractivity (Wildman–Crippen MR) is 72.4 cm³/mol. The molecule has 0 aliphatic heterocycles. The van der Waals surface area contributed by atoms with Crippen LogP contribution in [0.1, 0.15) is 11.1 Å². The fraction of sp³-hybridized carbons (Fsp3) is 0.200. The minimum Gasteiger partial charge on any atom is -0.491 e. The fourth-order valence-electron chi connectivity index (χ4n) is 1.88. The van der Waals surface area contributed by atoms with Crippen molar-refractivity contribution in [2.24, 2.45) is 0 Å². The number of nitriles is 1. The molecule has 0 saturated heterocycles. The monoisotopic (exact) mass is 308 g/mol. The van der Waals surface area contributed by atoms with Gasteiger partial charge in [-0.3, -0.25) is 4.79 Å². The highest BCUT2D eigenvalue weighted by atomic mass is 19.4. The maximum atomic E-state index is 12.8. The van der Waals surface area contributed by atoms with Gasteiger partial charge in [-0.25, -0.2) is 0 Å². The quantitative estimate of drug-likeness (QED) is 0.872. The molecule has 0 saturated carbocycles. The smallest absolute Gasteiger partial charge is 0.419 e. The molecule has 7 heteroatoms. The van der Waals surface area contributed by atoms with Crippen molar-refractivity contribution >= 4 is 0 Å². The molecule has 1 heterocycles. The Morgan fingerprint density at radius 3 is 2.59 bits per heavy atom. The summed E-state index contributed by atoms with van der Waals surface area (Å²) in [6, 6.07) is 9.50. The highest BCUT2D eigenvalue weighted by Gasteiger charge is 2.33. The van der Waals surface area contributed by atoms with Crippen molar-refractivity contribution in [1.29, 1.82) is 5.26 Å². The van der Waals surface area contributed by atoms with E-state index in [1.807, 2.05) is 0 Å². The summed E-state index contributed by atoms with van der Waals surface area (Å²) in [5.41, 5.74) is -1.40. The Bertz CT molecular complexity index is 760. The molecule has 1 aromatic heterocycles. The van der Waals surface area contributed by atoms with Crippen LogP contribution in [0.3, 0.4) is 0 Å². The van der Waals surface area contributed by atoms with Gasteiger partial charge in [-0.2, -0.15) is 18.4 Å². The van der Waals surface area contributed by atoms with Gasteiger partial charge in [0, 0.05) is 6.20 Å². The van der Waals surface area contributed by atoms with Crippen molar-refractivity contribution in [3.8, 4) is 11.8 Å². The molecule has 0 spiro atoms. The lowest BCUT2D eigenvalue weighted by Gasteiger charge is -2.14. The van der Waals surface area contributed by atoms with E-state index in [0.29, 0.717) is 0 Å².